The number of amides is 1. The van der Waals surface area contributed by atoms with Crippen molar-refractivity contribution < 1.29 is 9.53 Å². The maximum atomic E-state index is 12.1. The van der Waals surface area contributed by atoms with E-state index in [9.17, 15) is 4.79 Å². The first-order valence-electron chi connectivity index (χ1n) is 8.27. The highest BCUT2D eigenvalue weighted by Gasteiger charge is 2.35. The van der Waals surface area contributed by atoms with E-state index in [1.54, 1.807) is 18.5 Å². The van der Waals surface area contributed by atoms with E-state index in [0.717, 1.165) is 24.6 Å². The molecule has 0 radical (unpaired) electrons. The fraction of sp³-hybridized carbons (Fsp3) is 0.562. The number of aromatic amines is 1. The van der Waals surface area contributed by atoms with Gasteiger partial charge in [0.05, 0.1) is 25.2 Å². The van der Waals surface area contributed by atoms with Crippen molar-refractivity contribution in [3.63, 3.8) is 0 Å². The van der Waals surface area contributed by atoms with Crippen molar-refractivity contribution in [1.29, 1.82) is 0 Å². The van der Waals surface area contributed by atoms with E-state index < -0.39 is 0 Å². The van der Waals surface area contributed by atoms with Crippen LogP contribution < -0.4 is 5.32 Å². The molecular formula is C16H24N6O2. The van der Waals surface area contributed by atoms with E-state index in [1.807, 2.05) is 17.8 Å². The Morgan fingerprint density at radius 2 is 2.38 bits per heavy atom. The fourth-order valence-corrected chi connectivity index (χ4v) is 3.14. The highest BCUT2D eigenvalue weighted by molar-refractivity contribution is 5.78. The average molecular weight is 332 g/mol. The van der Waals surface area contributed by atoms with Gasteiger partial charge in [0.25, 0.3) is 0 Å². The molecule has 130 valence electrons. The predicted octanol–water partition coefficient (Wildman–Crippen LogP) is 0.264. The molecule has 2 N–H and O–H groups in total. The quantitative estimate of drug-likeness (QED) is 0.792. The van der Waals surface area contributed by atoms with E-state index in [0.29, 0.717) is 13.2 Å². The molecule has 1 aliphatic heterocycles. The summed E-state index contributed by atoms with van der Waals surface area (Å²) in [6.45, 7) is 5.04. The van der Waals surface area contributed by atoms with Crippen LogP contribution in [0.25, 0.3) is 0 Å². The maximum Gasteiger partial charge on any atom is 0.226 e. The van der Waals surface area contributed by atoms with Crippen molar-refractivity contribution in [3.05, 3.63) is 36.2 Å². The van der Waals surface area contributed by atoms with Crippen molar-refractivity contribution in [2.75, 3.05) is 26.2 Å². The summed E-state index contributed by atoms with van der Waals surface area (Å²) >= 11 is 0. The van der Waals surface area contributed by atoms with Gasteiger partial charge in [-0.3, -0.25) is 14.8 Å². The van der Waals surface area contributed by atoms with Crippen LogP contribution in [0.15, 0.2) is 24.7 Å². The molecule has 1 aliphatic rings. The lowest BCUT2D eigenvalue weighted by Crippen LogP contribution is -2.50. The standard InChI is InChI=1S/C16H24N6O2/c1-3-22-8-9-24-13(15(22)16-17-6-7-21(16)2)11-18-14(23)10-12-4-5-19-20-12/h4-7,13,15H,3,8-11H2,1-2H3,(H,18,23)(H,19,20)/t13-,15+/m0/s1. The number of morpholine rings is 1. The van der Waals surface area contributed by atoms with Gasteiger partial charge >= 0.3 is 0 Å². The molecule has 1 amide bonds. The van der Waals surface area contributed by atoms with Crippen molar-refractivity contribution in [3.8, 4) is 0 Å². The van der Waals surface area contributed by atoms with Crippen LogP contribution in [0.5, 0.6) is 0 Å². The molecule has 2 aromatic heterocycles. The Kier molecular flexibility index (Phi) is 5.27. The van der Waals surface area contributed by atoms with Gasteiger partial charge in [0, 0.05) is 44.4 Å². The van der Waals surface area contributed by atoms with Crippen LogP contribution in [0.1, 0.15) is 24.5 Å². The van der Waals surface area contributed by atoms with Crippen LogP contribution >= 0.6 is 0 Å². The van der Waals surface area contributed by atoms with Gasteiger partial charge in [-0.2, -0.15) is 5.10 Å². The van der Waals surface area contributed by atoms with Crippen molar-refractivity contribution >= 4 is 5.91 Å². The number of nitrogens with zero attached hydrogens (tertiary/aromatic N) is 4. The van der Waals surface area contributed by atoms with Crippen LogP contribution in [-0.4, -0.2) is 62.9 Å². The normalized spacial score (nSPS) is 21.8. The first-order chi connectivity index (χ1) is 11.7. The molecular weight excluding hydrogens is 308 g/mol. The molecule has 0 unspecified atom stereocenters. The van der Waals surface area contributed by atoms with Crippen LogP contribution in [0.3, 0.4) is 0 Å². The number of carbonyl (C=O) groups is 1. The molecule has 8 nitrogen and oxygen atoms in total. The topological polar surface area (TPSA) is 88.1 Å². The number of aromatic nitrogens is 4. The first-order valence-corrected chi connectivity index (χ1v) is 8.27. The monoisotopic (exact) mass is 332 g/mol. The lowest BCUT2D eigenvalue weighted by Gasteiger charge is -2.40. The molecule has 24 heavy (non-hydrogen) atoms. The summed E-state index contributed by atoms with van der Waals surface area (Å²) in [5.41, 5.74) is 0.799. The van der Waals surface area contributed by atoms with Gasteiger partial charge in [0.1, 0.15) is 5.82 Å². The maximum absolute atomic E-state index is 12.1. The highest BCUT2D eigenvalue weighted by atomic mass is 16.5. The van der Waals surface area contributed by atoms with E-state index in [-0.39, 0.29) is 24.5 Å². The highest BCUT2D eigenvalue weighted by Crippen LogP contribution is 2.27. The molecule has 0 aromatic carbocycles. The number of hydrogen-bond acceptors (Lipinski definition) is 5. The average Bonchev–Trinajstić information content (AvgIpc) is 3.24. The molecule has 1 saturated heterocycles. The van der Waals surface area contributed by atoms with Crippen LogP contribution in [-0.2, 0) is 23.0 Å². The Balaban J connectivity index is 1.65. The van der Waals surface area contributed by atoms with Crippen LogP contribution in [0.4, 0.5) is 0 Å². The molecule has 0 spiro atoms. The molecule has 0 saturated carbocycles. The minimum absolute atomic E-state index is 0.0382. The van der Waals surface area contributed by atoms with Gasteiger partial charge in [-0.1, -0.05) is 6.92 Å². The third-order valence-corrected chi connectivity index (χ3v) is 4.39. The van der Waals surface area contributed by atoms with Crippen LogP contribution in [0, 0.1) is 0 Å². The number of rotatable bonds is 6. The third kappa shape index (κ3) is 3.65. The number of ether oxygens (including phenoxy) is 1. The van der Waals surface area contributed by atoms with Crippen LogP contribution in [0.2, 0.25) is 0 Å². The van der Waals surface area contributed by atoms with E-state index in [2.05, 4.69) is 32.3 Å². The smallest absolute Gasteiger partial charge is 0.226 e. The number of nitrogens with one attached hydrogen (secondary N) is 2. The van der Waals surface area contributed by atoms with Gasteiger partial charge in [0.15, 0.2) is 0 Å². The van der Waals surface area contributed by atoms with E-state index in [4.69, 9.17) is 4.74 Å². The van der Waals surface area contributed by atoms with Gasteiger partial charge in [-0.15, -0.1) is 0 Å². The second-order valence-corrected chi connectivity index (χ2v) is 5.94. The number of H-pyrrole nitrogens is 1. The van der Waals surface area contributed by atoms with Gasteiger partial charge in [-0.05, 0) is 12.6 Å². The van der Waals surface area contributed by atoms with Crippen molar-refractivity contribution in [2.24, 2.45) is 7.05 Å². The van der Waals surface area contributed by atoms with E-state index >= 15 is 0 Å². The van der Waals surface area contributed by atoms with Crippen molar-refractivity contribution in [2.45, 2.75) is 25.5 Å². The third-order valence-electron chi connectivity index (χ3n) is 4.39. The SMILES string of the molecule is CCN1CCO[C@@H](CNC(=O)Cc2ccn[nH]2)[C@@H]1c1nccn1C. The Bertz CT molecular complexity index is 653. The Morgan fingerprint density at radius 1 is 1.50 bits per heavy atom. The first kappa shape index (κ1) is 16.7. The summed E-state index contributed by atoms with van der Waals surface area (Å²) in [5, 5.41) is 9.62. The summed E-state index contributed by atoms with van der Waals surface area (Å²) in [4.78, 5) is 19.0. The van der Waals surface area contributed by atoms with Gasteiger partial charge < -0.3 is 14.6 Å². The minimum Gasteiger partial charge on any atom is -0.373 e. The number of aryl methyl sites for hydroxylation is 1. The second-order valence-electron chi connectivity index (χ2n) is 5.94. The Labute approximate surface area is 141 Å². The predicted molar refractivity (Wildman–Crippen MR) is 88.2 cm³/mol. The zero-order valence-corrected chi connectivity index (χ0v) is 14.1. The molecule has 0 aliphatic carbocycles. The molecule has 2 atom stereocenters. The summed E-state index contributed by atoms with van der Waals surface area (Å²) < 4.78 is 7.97. The van der Waals surface area contributed by atoms with Crippen molar-refractivity contribution in [1.82, 2.24) is 30.0 Å². The van der Waals surface area contributed by atoms with Gasteiger partial charge in [-0.25, -0.2) is 4.98 Å². The lowest BCUT2D eigenvalue weighted by molar-refractivity contribution is -0.123. The molecule has 8 heteroatoms. The summed E-state index contributed by atoms with van der Waals surface area (Å²) in [6.07, 6.45) is 5.54. The molecule has 3 rings (SSSR count). The fourth-order valence-electron chi connectivity index (χ4n) is 3.14. The minimum atomic E-state index is -0.120. The Morgan fingerprint density at radius 3 is 3.04 bits per heavy atom. The second kappa shape index (κ2) is 7.59. The zero-order valence-electron chi connectivity index (χ0n) is 14.1. The summed E-state index contributed by atoms with van der Waals surface area (Å²) in [7, 11) is 1.98. The molecule has 3 heterocycles. The number of carbonyl (C=O) groups excluding carboxylic acids is 1. The lowest BCUT2D eigenvalue weighted by atomic mass is 10.1. The van der Waals surface area contributed by atoms with E-state index in [1.165, 1.54) is 0 Å². The number of hydrogen-bond donors (Lipinski definition) is 2. The Hall–Kier alpha value is -2.19. The number of likely N-dealkylation sites (N-methyl/N-ethyl adjacent to an activating group) is 1. The number of imidazole rings is 1. The molecule has 1 fully saturated rings. The summed E-state index contributed by atoms with van der Waals surface area (Å²) in [5.74, 6) is 0.916. The molecule has 2 aromatic rings. The summed E-state index contributed by atoms with van der Waals surface area (Å²) in [6, 6.07) is 1.84. The zero-order chi connectivity index (χ0) is 16.9. The molecule has 0 bridgehead atoms. The van der Waals surface area contributed by atoms with Gasteiger partial charge in [0.2, 0.25) is 5.91 Å². The largest absolute Gasteiger partial charge is 0.373 e.